The summed E-state index contributed by atoms with van der Waals surface area (Å²) in [4.78, 5) is 4.23. The summed E-state index contributed by atoms with van der Waals surface area (Å²) < 4.78 is 0. The normalized spacial score (nSPS) is 13.7. The smallest absolute Gasteiger partial charge is 0.0429 e. The molecule has 0 radical (unpaired) electrons. The Kier molecular flexibility index (Phi) is 2.36. The van der Waals surface area contributed by atoms with Crippen LogP contribution in [-0.4, -0.2) is 4.98 Å². The molecule has 3 rings (SSSR count). The third kappa shape index (κ3) is 1.70. The van der Waals surface area contributed by atoms with Crippen molar-refractivity contribution in [1.29, 1.82) is 0 Å². The summed E-state index contributed by atoms with van der Waals surface area (Å²) in [5.41, 5.74) is 13.4. The van der Waals surface area contributed by atoms with Gasteiger partial charge < -0.3 is 5.73 Å². The number of aryl methyl sites for hydroxylation is 2. The Morgan fingerprint density at radius 3 is 2.88 bits per heavy atom. The van der Waals surface area contributed by atoms with Gasteiger partial charge in [0.2, 0.25) is 0 Å². The van der Waals surface area contributed by atoms with E-state index in [1.807, 2.05) is 19.2 Å². The summed E-state index contributed by atoms with van der Waals surface area (Å²) in [7, 11) is 0. The number of hydrogen-bond acceptors (Lipinski definition) is 2. The standard InChI is InChI=1S/C15H16N2/c1-10-9-12(7-8-17-10)14-6-5-11-3-2-4-13(11)15(14)16/h5-9H,2-4,16H2,1H3. The van der Waals surface area contributed by atoms with Gasteiger partial charge in [0.1, 0.15) is 0 Å². The molecule has 0 atom stereocenters. The highest BCUT2D eigenvalue weighted by atomic mass is 14.7. The van der Waals surface area contributed by atoms with Crippen molar-refractivity contribution in [3.05, 3.63) is 47.3 Å². The lowest BCUT2D eigenvalue weighted by Gasteiger charge is -2.11. The summed E-state index contributed by atoms with van der Waals surface area (Å²) in [5.74, 6) is 0. The largest absolute Gasteiger partial charge is 0.398 e. The summed E-state index contributed by atoms with van der Waals surface area (Å²) in [6, 6.07) is 8.49. The molecule has 2 nitrogen and oxygen atoms in total. The molecule has 0 unspecified atom stereocenters. The Morgan fingerprint density at radius 1 is 1.18 bits per heavy atom. The van der Waals surface area contributed by atoms with Gasteiger partial charge in [0.05, 0.1) is 0 Å². The van der Waals surface area contributed by atoms with Crippen molar-refractivity contribution >= 4 is 5.69 Å². The molecule has 86 valence electrons. The first kappa shape index (κ1) is 10.3. The molecule has 0 fully saturated rings. The van der Waals surface area contributed by atoms with Crippen molar-refractivity contribution in [3.8, 4) is 11.1 Å². The minimum Gasteiger partial charge on any atom is -0.398 e. The minimum atomic E-state index is 0.964. The first-order chi connectivity index (χ1) is 8.25. The first-order valence-electron chi connectivity index (χ1n) is 6.09. The number of nitrogens with zero attached hydrogens (tertiary/aromatic N) is 1. The maximum Gasteiger partial charge on any atom is 0.0429 e. The summed E-state index contributed by atoms with van der Waals surface area (Å²) in [6.45, 7) is 2.01. The van der Waals surface area contributed by atoms with E-state index < -0.39 is 0 Å². The van der Waals surface area contributed by atoms with Crippen molar-refractivity contribution in [3.63, 3.8) is 0 Å². The Bertz CT molecular complexity index is 573. The second-order valence-electron chi connectivity index (χ2n) is 4.70. The van der Waals surface area contributed by atoms with E-state index in [4.69, 9.17) is 5.73 Å². The van der Waals surface area contributed by atoms with Crippen LogP contribution in [0.3, 0.4) is 0 Å². The van der Waals surface area contributed by atoms with Gasteiger partial charge >= 0.3 is 0 Å². The maximum atomic E-state index is 6.30. The Hall–Kier alpha value is -1.83. The SMILES string of the molecule is Cc1cc(-c2ccc3c(c2N)CCC3)ccn1. The van der Waals surface area contributed by atoms with E-state index in [-0.39, 0.29) is 0 Å². The van der Waals surface area contributed by atoms with Gasteiger partial charge in [0, 0.05) is 23.1 Å². The Labute approximate surface area is 102 Å². The zero-order valence-electron chi connectivity index (χ0n) is 10.0. The minimum absolute atomic E-state index is 0.964. The van der Waals surface area contributed by atoms with E-state index in [2.05, 4.69) is 23.2 Å². The van der Waals surface area contributed by atoms with Gasteiger partial charge in [0.15, 0.2) is 0 Å². The van der Waals surface area contributed by atoms with Gasteiger partial charge in [-0.05, 0) is 55.0 Å². The van der Waals surface area contributed by atoms with E-state index in [9.17, 15) is 0 Å². The number of pyridine rings is 1. The van der Waals surface area contributed by atoms with Crippen LogP contribution in [0.15, 0.2) is 30.5 Å². The van der Waals surface area contributed by atoms with Crippen LogP contribution in [0.5, 0.6) is 0 Å². The maximum absolute atomic E-state index is 6.30. The van der Waals surface area contributed by atoms with Crippen LogP contribution in [0.4, 0.5) is 5.69 Å². The molecule has 1 aliphatic rings. The molecule has 0 saturated carbocycles. The second-order valence-corrected chi connectivity index (χ2v) is 4.70. The van der Waals surface area contributed by atoms with Crippen LogP contribution in [0.2, 0.25) is 0 Å². The van der Waals surface area contributed by atoms with E-state index in [0.717, 1.165) is 23.4 Å². The number of benzene rings is 1. The topological polar surface area (TPSA) is 38.9 Å². The van der Waals surface area contributed by atoms with E-state index >= 15 is 0 Å². The Balaban J connectivity index is 2.16. The molecule has 2 aromatic rings. The van der Waals surface area contributed by atoms with E-state index in [1.165, 1.54) is 29.5 Å². The molecular formula is C15H16N2. The molecule has 0 saturated heterocycles. The lowest BCUT2D eigenvalue weighted by molar-refractivity contribution is 0.912. The fraction of sp³-hybridized carbons (Fsp3) is 0.267. The molecule has 1 heterocycles. The van der Waals surface area contributed by atoms with Gasteiger partial charge in [-0.3, -0.25) is 4.98 Å². The highest BCUT2D eigenvalue weighted by molar-refractivity contribution is 5.80. The predicted molar refractivity (Wildman–Crippen MR) is 70.8 cm³/mol. The van der Waals surface area contributed by atoms with Gasteiger partial charge in [-0.1, -0.05) is 12.1 Å². The van der Waals surface area contributed by atoms with Crippen LogP contribution < -0.4 is 5.73 Å². The lowest BCUT2D eigenvalue weighted by atomic mass is 9.98. The molecule has 0 bridgehead atoms. The number of aromatic nitrogens is 1. The van der Waals surface area contributed by atoms with Crippen LogP contribution >= 0.6 is 0 Å². The first-order valence-corrected chi connectivity index (χ1v) is 6.09. The Morgan fingerprint density at radius 2 is 2.06 bits per heavy atom. The molecule has 0 aliphatic heterocycles. The molecular weight excluding hydrogens is 208 g/mol. The molecule has 0 amide bonds. The lowest BCUT2D eigenvalue weighted by Crippen LogP contribution is -1.97. The molecule has 1 aromatic heterocycles. The number of fused-ring (bicyclic) bond motifs is 1. The molecule has 2 heteroatoms. The average molecular weight is 224 g/mol. The van der Waals surface area contributed by atoms with Crippen molar-refractivity contribution < 1.29 is 0 Å². The summed E-state index contributed by atoms with van der Waals surface area (Å²) in [5, 5.41) is 0. The quantitative estimate of drug-likeness (QED) is 0.756. The van der Waals surface area contributed by atoms with Crippen LogP contribution in [-0.2, 0) is 12.8 Å². The predicted octanol–water partition coefficient (Wildman–Crippen LogP) is 3.13. The number of nitrogens with two attached hydrogens (primary N) is 1. The number of hydrogen-bond donors (Lipinski definition) is 1. The van der Waals surface area contributed by atoms with Gasteiger partial charge in [-0.2, -0.15) is 0 Å². The highest BCUT2D eigenvalue weighted by Crippen LogP contribution is 2.35. The van der Waals surface area contributed by atoms with Crippen LogP contribution in [0.1, 0.15) is 23.2 Å². The fourth-order valence-corrected chi connectivity index (χ4v) is 2.66. The van der Waals surface area contributed by atoms with Crippen molar-refractivity contribution in [2.75, 3.05) is 5.73 Å². The van der Waals surface area contributed by atoms with Gasteiger partial charge in [-0.15, -0.1) is 0 Å². The second kappa shape index (κ2) is 3.88. The third-order valence-corrected chi connectivity index (χ3v) is 3.53. The van der Waals surface area contributed by atoms with Gasteiger partial charge in [-0.25, -0.2) is 0 Å². The van der Waals surface area contributed by atoms with Crippen LogP contribution in [0, 0.1) is 6.92 Å². The zero-order valence-corrected chi connectivity index (χ0v) is 10.0. The summed E-state index contributed by atoms with van der Waals surface area (Å²) in [6.07, 6.45) is 5.38. The van der Waals surface area contributed by atoms with E-state index in [1.54, 1.807) is 0 Å². The van der Waals surface area contributed by atoms with Gasteiger partial charge in [0.25, 0.3) is 0 Å². The molecule has 2 N–H and O–H groups in total. The molecule has 0 spiro atoms. The highest BCUT2D eigenvalue weighted by Gasteiger charge is 2.16. The molecule has 17 heavy (non-hydrogen) atoms. The molecule has 1 aliphatic carbocycles. The van der Waals surface area contributed by atoms with Crippen LogP contribution in [0.25, 0.3) is 11.1 Å². The number of nitrogen functional groups attached to an aromatic ring is 1. The summed E-state index contributed by atoms with van der Waals surface area (Å²) >= 11 is 0. The third-order valence-electron chi connectivity index (χ3n) is 3.53. The van der Waals surface area contributed by atoms with Crippen molar-refractivity contribution in [2.24, 2.45) is 0 Å². The zero-order chi connectivity index (χ0) is 11.8. The average Bonchev–Trinajstić information content (AvgIpc) is 2.78. The fourth-order valence-electron chi connectivity index (χ4n) is 2.66. The number of anilines is 1. The van der Waals surface area contributed by atoms with E-state index in [0.29, 0.717) is 0 Å². The van der Waals surface area contributed by atoms with Crippen molar-refractivity contribution in [1.82, 2.24) is 4.98 Å². The van der Waals surface area contributed by atoms with Crippen molar-refractivity contribution in [2.45, 2.75) is 26.2 Å². The number of rotatable bonds is 1. The molecule has 1 aromatic carbocycles. The monoisotopic (exact) mass is 224 g/mol.